The molecule has 4 nitrogen and oxygen atoms in total. The molecule has 0 saturated heterocycles. The van der Waals surface area contributed by atoms with Crippen LogP contribution in [0.3, 0.4) is 0 Å². The van der Waals surface area contributed by atoms with E-state index in [0.29, 0.717) is 5.70 Å². The zero-order valence-electron chi connectivity index (χ0n) is 5.64. The number of dihydropyridines is 1. The van der Waals surface area contributed by atoms with Crippen LogP contribution in [0.2, 0.25) is 0 Å². The molecule has 0 aromatic heterocycles. The number of fused-ring (bicyclic) bond motifs is 1. The van der Waals surface area contributed by atoms with Crippen LogP contribution in [0.5, 0.6) is 0 Å². The van der Waals surface area contributed by atoms with Crippen LogP contribution in [-0.2, 0) is 4.79 Å². The number of aliphatic imine (C=N–C) groups is 1. The van der Waals surface area contributed by atoms with E-state index < -0.39 is 0 Å². The van der Waals surface area contributed by atoms with E-state index >= 15 is 0 Å². The van der Waals surface area contributed by atoms with Gasteiger partial charge in [0.05, 0.1) is 11.9 Å². The van der Waals surface area contributed by atoms with Crippen LogP contribution >= 0.6 is 0 Å². The van der Waals surface area contributed by atoms with E-state index in [2.05, 4.69) is 15.2 Å². The van der Waals surface area contributed by atoms with Crippen LogP contribution in [0.1, 0.15) is 0 Å². The maximum atomic E-state index is 11.0. The fourth-order valence-corrected chi connectivity index (χ4v) is 0.998. The van der Waals surface area contributed by atoms with Crippen molar-refractivity contribution in [2.75, 3.05) is 0 Å². The van der Waals surface area contributed by atoms with Crippen LogP contribution < -0.4 is 0 Å². The molecule has 11 heavy (non-hydrogen) atoms. The first-order valence-corrected chi connectivity index (χ1v) is 3.23. The van der Waals surface area contributed by atoms with E-state index in [0.717, 1.165) is 0 Å². The molecule has 2 aliphatic heterocycles. The number of amides is 1. The minimum absolute atomic E-state index is 0.240. The molecule has 54 valence electrons. The second-order valence-corrected chi connectivity index (χ2v) is 2.25. The molecule has 0 aromatic carbocycles. The molecular formula is C7H5N3O. The van der Waals surface area contributed by atoms with Gasteiger partial charge >= 0.3 is 0 Å². The molecule has 0 aliphatic carbocycles. The maximum absolute atomic E-state index is 11.0. The quantitative estimate of drug-likeness (QED) is 0.505. The Hall–Kier alpha value is -1.58. The van der Waals surface area contributed by atoms with Crippen molar-refractivity contribution in [3.8, 4) is 0 Å². The number of nitrogens with zero attached hydrogens (tertiary/aromatic N) is 3. The highest BCUT2D eigenvalue weighted by molar-refractivity contribution is 5.88. The first kappa shape index (κ1) is 6.15. The first-order valence-electron chi connectivity index (χ1n) is 3.23. The number of allylic oxidation sites excluding steroid dienone is 1. The number of hydrogen-bond donors (Lipinski definition) is 0. The molecule has 1 atom stereocenters. The number of azo groups is 1. The van der Waals surface area contributed by atoms with Gasteiger partial charge < -0.3 is 0 Å². The number of carbonyl (C=O) groups is 1. The predicted molar refractivity (Wildman–Crippen MR) is 39.1 cm³/mol. The topological polar surface area (TPSA) is 54.1 Å². The van der Waals surface area contributed by atoms with Crippen LogP contribution in [-0.4, -0.2) is 12.1 Å². The lowest BCUT2D eigenvalue weighted by atomic mass is 10.0. The molecule has 0 N–H and O–H groups in total. The predicted octanol–water partition coefficient (Wildman–Crippen LogP) is 1.08. The Morgan fingerprint density at radius 3 is 3.18 bits per heavy atom. The summed E-state index contributed by atoms with van der Waals surface area (Å²) in [5, 5.41) is 6.91. The molecule has 0 radical (unpaired) electrons. The number of carbonyl (C=O) groups excluding carboxylic acids is 1. The second-order valence-electron chi connectivity index (χ2n) is 2.25. The Kier molecular flexibility index (Phi) is 1.25. The lowest BCUT2D eigenvalue weighted by molar-refractivity contribution is -0.120. The molecule has 0 fully saturated rings. The highest BCUT2D eigenvalue weighted by atomic mass is 16.2. The Morgan fingerprint density at radius 2 is 2.36 bits per heavy atom. The van der Waals surface area contributed by atoms with Crippen molar-refractivity contribution in [2.45, 2.75) is 0 Å². The Labute approximate surface area is 63.0 Å². The van der Waals surface area contributed by atoms with Crippen molar-refractivity contribution < 1.29 is 4.79 Å². The number of hydrogen-bond acceptors (Lipinski definition) is 3. The Balaban J connectivity index is 2.43. The van der Waals surface area contributed by atoms with Gasteiger partial charge in [-0.25, -0.2) is 0 Å². The zero-order valence-corrected chi connectivity index (χ0v) is 5.64. The standard InChI is InChI=1S/C7H5N3O/c11-7-5-2-1-3-8-6(5)4-9-10-7/h1-5H. The summed E-state index contributed by atoms with van der Waals surface area (Å²) in [5.41, 5.74) is 0.674. The highest BCUT2D eigenvalue weighted by Gasteiger charge is 2.23. The minimum atomic E-state index is -0.294. The van der Waals surface area contributed by atoms with E-state index in [1.165, 1.54) is 6.20 Å². The molecule has 1 unspecified atom stereocenters. The van der Waals surface area contributed by atoms with Gasteiger partial charge in [-0.05, 0) is 6.08 Å². The summed E-state index contributed by atoms with van der Waals surface area (Å²) in [6, 6.07) is 0. The summed E-state index contributed by atoms with van der Waals surface area (Å²) >= 11 is 0. The van der Waals surface area contributed by atoms with Gasteiger partial charge in [0, 0.05) is 6.21 Å². The molecule has 0 bridgehead atoms. The third-order valence-electron chi connectivity index (χ3n) is 1.54. The summed E-state index contributed by atoms with van der Waals surface area (Å²) in [4.78, 5) is 15.0. The fraction of sp³-hybridized carbons (Fsp3) is 0.143. The van der Waals surface area contributed by atoms with Crippen LogP contribution in [0.25, 0.3) is 0 Å². The Bertz CT molecular complexity index is 312. The van der Waals surface area contributed by atoms with Crippen molar-refractivity contribution in [1.82, 2.24) is 0 Å². The molecule has 2 aliphatic rings. The third kappa shape index (κ3) is 0.920. The Morgan fingerprint density at radius 1 is 1.45 bits per heavy atom. The van der Waals surface area contributed by atoms with E-state index in [4.69, 9.17) is 0 Å². The third-order valence-corrected chi connectivity index (χ3v) is 1.54. The van der Waals surface area contributed by atoms with Crippen LogP contribution in [0, 0.1) is 5.92 Å². The van der Waals surface area contributed by atoms with Gasteiger partial charge in [-0.3, -0.25) is 9.79 Å². The summed E-state index contributed by atoms with van der Waals surface area (Å²) in [7, 11) is 0. The highest BCUT2D eigenvalue weighted by Crippen LogP contribution is 2.22. The molecule has 1 amide bonds. The summed E-state index contributed by atoms with van der Waals surface area (Å²) < 4.78 is 0. The summed E-state index contributed by atoms with van der Waals surface area (Å²) in [6.45, 7) is 0. The van der Waals surface area contributed by atoms with Gasteiger partial charge in [-0.1, -0.05) is 6.08 Å². The molecule has 2 rings (SSSR count). The second kappa shape index (κ2) is 2.23. The van der Waals surface area contributed by atoms with Crippen molar-refractivity contribution in [1.29, 1.82) is 0 Å². The van der Waals surface area contributed by atoms with Crippen LogP contribution in [0.4, 0.5) is 0 Å². The zero-order chi connectivity index (χ0) is 7.68. The monoisotopic (exact) mass is 147 g/mol. The van der Waals surface area contributed by atoms with Gasteiger partial charge in [0.2, 0.25) is 0 Å². The van der Waals surface area contributed by atoms with E-state index in [1.54, 1.807) is 18.4 Å². The molecule has 0 aromatic rings. The molecule has 4 heteroatoms. The average Bonchev–Trinajstić information content (AvgIpc) is 2.06. The summed E-state index contributed by atoms with van der Waals surface area (Å²) in [6.07, 6.45) is 6.64. The molecular weight excluding hydrogens is 142 g/mol. The van der Waals surface area contributed by atoms with E-state index in [1.807, 2.05) is 0 Å². The van der Waals surface area contributed by atoms with Gasteiger partial charge in [-0.15, -0.1) is 5.11 Å². The minimum Gasteiger partial charge on any atom is -0.270 e. The van der Waals surface area contributed by atoms with Crippen LogP contribution in [0.15, 0.2) is 39.3 Å². The van der Waals surface area contributed by atoms with E-state index in [9.17, 15) is 4.79 Å². The van der Waals surface area contributed by atoms with Gasteiger partial charge in [0.15, 0.2) is 0 Å². The normalized spacial score (nSPS) is 26.7. The van der Waals surface area contributed by atoms with Crippen molar-refractivity contribution >= 4 is 12.1 Å². The average molecular weight is 147 g/mol. The maximum Gasteiger partial charge on any atom is 0.277 e. The lowest BCUT2D eigenvalue weighted by Gasteiger charge is -2.12. The van der Waals surface area contributed by atoms with Gasteiger partial charge in [-0.2, -0.15) is 5.11 Å². The molecule has 2 heterocycles. The van der Waals surface area contributed by atoms with Gasteiger partial charge in [0.1, 0.15) is 5.92 Å². The number of rotatable bonds is 0. The largest absolute Gasteiger partial charge is 0.277 e. The SMILES string of the molecule is O=C1N=NC=C2N=CC=CC12. The lowest BCUT2D eigenvalue weighted by Crippen LogP contribution is -2.15. The van der Waals surface area contributed by atoms with Crippen molar-refractivity contribution in [3.05, 3.63) is 24.0 Å². The molecule has 0 saturated carbocycles. The van der Waals surface area contributed by atoms with Crippen molar-refractivity contribution in [2.24, 2.45) is 21.1 Å². The van der Waals surface area contributed by atoms with Crippen molar-refractivity contribution in [3.63, 3.8) is 0 Å². The van der Waals surface area contributed by atoms with Gasteiger partial charge in [0.25, 0.3) is 5.91 Å². The summed E-state index contributed by atoms with van der Waals surface area (Å²) in [5.74, 6) is -0.534. The van der Waals surface area contributed by atoms with E-state index in [-0.39, 0.29) is 11.8 Å². The fourth-order valence-electron chi connectivity index (χ4n) is 0.998. The smallest absolute Gasteiger partial charge is 0.270 e. The first-order chi connectivity index (χ1) is 5.38. The molecule has 0 spiro atoms.